The number of nitrogens with zero attached hydrogens (tertiary/aromatic N) is 3. The van der Waals surface area contributed by atoms with E-state index in [1.165, 1.54) is 19.3 Å². The smallest absolute Gasteiger partial charge is 0.142 e. The highest BCUT2D eigenvalue weighted by molar-refractivity contribution is 5.48. The van der Waals surface area contributed by atoms with Crippen molar-refractivity contribution in [1.82, 2.24) is 4.98 Å². The number of rotatable bonds is 1. The molecule has 19 heavy (non-hydrogen) atoms. The minimum atomic E-state index is 0.395. The number of anilines is 1. The molecule has 1 saturated heterocycles. The average Bonchev–Trinajstić information content (AvgIpc) is 2.64. The molecule has 3 nitrogen and oxygen atoms in total. The van der Waals surface area contributed by atoms with Crippen molar-refractivity contribution in [3.05, 3.63) is 24.0 Å². The molecule has 1 aromatic rings. The van der Waals surface area contributed by atoms with Crippen LogP contribution in [0.2, 0.25) is 0 Å². The van der Waals surface area contributed by atoms with Gasteiger partial charge in [0, 0.05) is 25.0 Å². The van der Waals surface area contributed by atoms with Gasteiger partial charge in [0.2, 0.25) is 0 Å². The van der Waals surface area contributed by atoms with Gasteiger partial charge in [-0.25, -0.2) is 4.98 Å². The Kier molecular flexibility index (Phi) is 4.09. The lowest BCUT2D eigenvalue weighted by Gasteiger charge is -2.30. The molecule has 1 aliphatic rings. The summed E-state index contributed by atoms with van der Waals surface area (Å²) < 4.78 is 0. The van der Waals surface area contributed by atoms with E-state index < -0.39 is 0 Å². The van der Waals surface area contributed by atoms with Crippen molar-refractivity contribution < 1.29 is 0 Å². The molecular weight excluding hydrogens is 234 g/mol. The lowest BCUT2D eigenvalue weighted by atomic mass is 9.77. The lowest BCUT2D eigenvalue weighted by molar-refractivity contribution is 0.220. The highest BCUT2D eigenvalue weighted by Gasteiger charge is 2.27. The Morgan fingerprint density at radius 3 is 2.79 bits per heavy atom. The molecule has 0 radical (unpaired) electrons. The SMILES string of the molecule is CC(C)(C)C1CCCN(c2ccnc(C#N)c2)CC1. The topological polar surface area (TPSA) is 39.9 Å². The summed E-state index contributed by atoms with van der Waals surface area (Å²) in [6, 6.07) is 6.03. The van der Waals surface area contributed by atoms with E-state index >= 15 is 0 Å². The summed E-state index contributed by atoms with van der Waals surface area (Å²) >= 11 is 0. The first-order chi connectivity index (χ1) is 9.00. The van der Waals surface area contributed by atoms with Crippen LogP contribution in [-0.2, 0) is 0 Å². The van der Waals surface area contributed by atoms with E-state index in [9.17, 15) is 0 Å². The molecule has 1 aliphatic heterocycles. The van der Waals surface area contributed by atoms with Gasteiger partial charge in [-0.2, -0.15) is 5.26 Å². The van der Waals surface area contributed by atoms with E-state index in [-0.39, 0.29) is 0 Å². The Bertz CT molecular complexity index is 468. The third kappa shape index (κ3) is 3.47. The molecule has 0 spiro atoms. The van der Waals surface area contributed by atoms with Crippen LogP contribution in [0.15, 0.2) is 18.3 Å². The molecule has 2 heterocycles. The van der Waals surface area contributed by atoms with E-state index in [1.54, 1.807) is 6.20 Å². The zero-order valence-corrected chi connectivity index (χ0v) is 12.2. The summed E-state index contributed by atoms with van der Waals surface area (Å²) in [5.74, 6) is 0.787. The maximum absolute atomic E-state index is 8.93. The van der Waals surface area contributed by atoms with Crippen LogP contribution in [0.25, 0.3) is 0 Å². The van der Waals surface area contributed by atoms with Gasteiger partial charge >= 0.3 is 0 Å². The molecule has 0 amide bonds. The molecule has 0 aliphatic carbocycles. The van der Waals surface area contributed by atoms with Crippen molar-refractivity contribution in [2.45, 2.75) is 40.0 Å². The van der Waals surface area contributed by atoms with Gasteiger partial charge in [-0.15, -0.1) is 0 Å². The van der Waals surface area contributed by atoms with E-state index in [0.717, 1.165) is 24.7 Å². The highest BCUT2D eigenvalue weighted by Crippen LogP contribution is 2.35. The molecule has 3 heteroatoms. The first-order valence-corrected chi connectivity index (χ1v) is 7.12. The fraction of sp³-hybridized carbons (Fsp3) is 0.625. The number of pyridine rings is 1. The molecule has 2 rings (SSSR count). The maximum atomic E-state index is 8.93. The second-order valence-corrected chi connectivity index (χ2v) is 6.49. The Morgan fingerprint density at radius 1 is 1.32 bits per heavy atom. The maximum Gasteiger partial charge on any atom is 0.142 e. The second kappa shape index (κ2) is 5.61. The summed E-state index contributed by atoms with van der Waals surface area (Å²) in [6.07, 6.45) is 5.50. The molecule has 1 atom stereocenters. The van der Waals surface area contributed by atoms with Gasteiger partial charge in [-0.3, -0.25) is 0 Å². The lowest BCUT2D eigenvalue weighted by Crippen LogP contribution is -2.26. The van der Waals surface area contributed by atoms with Gasteiger partial charge in [0.25, 0.3) is 0 Å². The van der Waals surface area contributed by atoms with Crippen LogP contribution in [-0.4, -0.2) is 18.1 Å². The molecule has 0 bridgehead atoms. The van der Waals surface area contributed by atoms with Crippen LogP contribution in [0.3, 0.4) is 0 Å². The fourth-order valence-electron chi connectivity index (χ4n) is 2.90. The van der Waals surface area contributed by atoms with Crippen LogP contribution in [0.4, 0.5) is 5.69 Å². The van der Waals surface area contributed by atoms with E-state index in [4.69, 9.17) is 5.26 Å². The van der Waals surface area contributed by atoms with Gasteiger partial charge in [0.05, 0.1) is 0 Å². The molecule has 1 aromatic heterocycles. The Morgan fingerprint density at radius 2 is 2.11 bits per heavy atom. The zero-order chi connectivity index (χ0) is 13.9. The normalized spacial score (nSPS) is 20.7. The van der Waals surface area contributed by atoms with Gasteiger partial charge in [0.15, 0.2) is 0 Å². The summed E-state index contributed by atoms with van der Waals surface area (Å²) in [4.78, 5) is 6.44. The Labute approximate surface area is 116 Å². The van der Waals surface area contributed by atoms with Crippen molar-refractivity contribution in [1.29, 1.82) is 5.26 Å². The van der Waals surface area contributed by atoms with Crippen molar-refractivity contribution >= 4 is 5.69 Å². The highest BCUT2D eigenvalue weighted by atomic mass is 15.1. The van der Waals surface area contributed by atoms with E-state index in [0.29, 0.717) is 11.1 Å². The third-order valence-corrected chi connectivity index (χ3v) is 4.18. The standard InChI is InChI=1S/C16H23N3/c1-16(2,3)13-5-4-9-19(10-7-13)15-6-8-18-14(11-15)12-17/h6,8,11,13H,4-5,7,9-10H2,1-3H3. The largest absolute Gasteiger partial charge is 0.371 e. The number of nitriles is 1. The predicted molar refractivity (Wildman–Crippen MR) is 78.0 cm³/mol. The van der Waals surface area contributed by atoms with Crippen LogP contribution >= 0.6 is 0 Å². The predicted octanol–water partition coefficient (Wildman–Crippen LogP) is 3.61. The van der Waals surface area contributed by atoms with Crippen molar-refractivity contribution in [3.63, 3.8) is 0 Å². The first-order valence-electron chi connectivity index (χ1n) is 7.12. The van der Waals surface area contributed by atoms with Gasteiger partial charge in [-0.1, -0.05) is 20.8 Å². The fourth-order valence-corrected chi connectivity index (χ4v) is 2.90. The van der Waals surface area contributed by atoms with Crippen LogP contribution in [0.5, 0.6) is 0 Å². The number of aromatic nitrogens is 1. The van der Waals surface area contributed by atoms with Crippen LogP contribution < -0.4 is 4.90 Å². The monoisotopic (exact) mass is 257 g/mol. The minimum Gasteiger partial charge on any atom is -0.371 e. The Balaban J connectivity index is 2.09. The number of hydrogen-bond donors (Lipinski definition) is 0. The first kappa shape index (κ1) is 13.9. The molecule has 0 N–H and O–H groups in total. The van der Waals surface area contributed by atoms with Gasteiger partial charge < -0.3 is 4.90 Å². The van der Waals surface area contributed by atoms with Crippen LogP contribution in [0.1, 0.15) is 45.7 Å². The third-order valence-electron chi connectivity index (χ3n) is 4.18. The van der Waals surface area contributed by atoms with Crippen molar-refractivity contribution in [3.8, 4) is 6.07 Å². The number of hydrogen-bond acceptors (Lipinski definition) is 3. The summed E-state index contributed by atoms with van der Waals surface area (Å²) in [7, 11) is 0. The van der Waals surface area contributed by atoms with Gasteiger partial charge in [-0.05, 0) is 42.7 Å². The van der Waals surface area contributed by atoms with E-state index in [2.05, 4.69) is 36.7 Å². The molecule has 1 fully saturated rings. The molecule has 0 saturated carbocycles. The van der Waals surface area contributed by atoms with Gasteiger partial charge in [0.1, 0.15) is 11.8 Å². The minimum absolute atomic E-state index is 0.395. The van der Waals surface area contributed by atoms with Crippen molar-refractivity contribution in [2.75, 3.05) is 18.0 Å². The summed E-state index contributed by atoms with van der Waals surface area (Å²) in [6.45, 7) is 9.19. The zero-order valence-electron chi connectivity index (χ0n) is 12.2. The van der Waals surface area contributed by atoms with Crippen LogP contribution in [0, 0.1) is 22.7 Å². The molecule has 0 aromatic carbocycles. The van der Waals surface area contributed by atoms with E-state index in [1.807, 2.05) is 12.1 Å². The summed E-state index contributed by atoms with van der Waals surface area (Å²) in [5.41, 5.74) is 2.04. The summed E-state index contributed by atoms with van der Waals surface area (Å²) in [5, 5.41) is 8.93. The quantitative estimate of drug-likeness (QED) is 0.771. The molecule has 102 valence electrons. The Hall–Kier alpha value is -1.56. The second-order valence-electron chi connectivity index (χ2n) is 6.49. The molecular formula is C16H23N3. The molecule has 1 unspecified atom stereocenters. The van der Waals surface area contributed by atoms with Crippen molar-refractivity contribution in [2.24, 2.45) is 11.3 Å². The average molecular weight is 257 g/mol.